The van der Waals surface area contributed by atoms with Crippen LogP contribution in [0.5, 0.6) is 0 Å². The Morgan fingerprint density at radius 1 is 1.14 bits per heavy atom. The average molecular weight is 418 g/mol. The summed E-state index contributed by atoms with van der Waals surface area (Å²) < 4.78 is 7.73. The van der Waals surface area contributed by atoms with E-state index in [1.807, 2.05) is 24.3 Å². The molecule has 28 heavy (non-hydrogen) atoms. The van der Waals surface area contributed by atoms with Gasteiger partial charge in [0.05, 0.1) is 10.3 Å². The summed E-state index contributed by atoms with van der Waals surface area (Å²) in [5.74, 6) is 2.43. The van der Waals surface area contributed by atoms with Crippen molar-refractivity contribution < 1.29 is 4.52 Å². The number of rotatable bonds is 6. The van der Waals surface area contributed by atoms with Crippen LogP contribution in [0.2, 0.25) is 5.02 Å². The van der Waals surface area contributed by atoms with Crippen LogP contribution in [-0.4, -0.2) is 24.9 Å². The van der Waals surface area contributed by atoms with Gasteiger partial charge < -0.3 is 4.52 Å². The summed E-state index contributed by atoms with van der Waals surface area (Å²) in [7, 11) is 0. The molecule has 148 valence electrons. The molecule has 0 aliphatic heterocycles. The van der Waals surface area contributed by atoms with E-state index in [1.165, 1.54) is 12.8 Å². The zero-order valence-electron chi connectivity index (χ0n) is 16.3. The van der Waals surface area contributed by atoms with Gasteiger partial charge >= 0.3 is 0 Å². The summed E-state index contributed by atoms with van der Waals surface area (Å²) in [6.45, 7) is 6.17. The number of benzene rings is 1. The first-order chi connectivity index (χ1) is 13.5. The van der Waals surface area contributed by atoms with Gasteiger partial charge in [-0.2, -0.15) is 4.98 Å². The minimum atomic E-state index is -0.0107. The molecule has 1 unspecified atom stereocenters. The molecule has 0 amide bonds. The summed E-state index contributed by atoms with van der Waals surface area (Å²) in [6.07, 6.45) is 4.72. The molecule has 1 aliphatic rings. The van der Waals surface area contributed by atoms with Gasteiger partial charge in [0.2, 0.25) is 5.89 Å². The van der Waals surface area contributed by atoms with Crippen LogP contribution in [0.3, 0.4) is 0 Å². The van der Waals surface area contributed by atoms with Crippen LogP contribution in [0.15, 0.2) is 33.9 Å². The normalized spacial score (nSPS) is 16.2. The second-order valence-corrected chi connectivity index (χ2v) is 9.22. The molecule has 2 aromatic heterocycles. The van der Waals surface area contributed by atoms with E-state index >= 15 is 0 Å². The van der Waals surface area contributed by atoms with Crippen LogP contribution >= 0.6 is 23.4 Å². The van der Waals surface area contributed by atoms with Crippen molar-refractivity contribution in [2.24, 2.45) is 0 Å². The average Bonchev–Trinajstić information content (AvgIpc) is 3.42. The van der Waals surface area contributed by atoms with Crippen molar-refractivity contribution in [3.63, 3.8) is 0 Å². The maximum absolute atomic E-state index is 6.46. The Morgan fingerprint density at radius 2 is 1.89 bits per heavy atom. The highest BCUT2D eigenvalue weighted by molar-refractivity contribution is 7.99. The van der Waals surface area contributed by atoms with Crippen molar-refractivity contribution in [1.82, 2.24) is 24.9 Å². The minimum absolute atomic E-state index is 0.0107. The third-order valence-corrected chi connectivity index (χ3v) is 6.45. The quantitative estimate of drug-likeness (QED) is 0.453. The van der Waals surface area contributed by atoms with Gasteiger partial charge in [0.15, 0.2) is 16.8 Å². The molecule has 0 saturated heterocycles. The molecule has 4 rings (SSSR count). The molecule has 3 aromatic rings. The lowest BCUT2D eigenvalue weighted by atomic mass is 10.2. The molecule has 8 heteroatoms. The fourth-order valence-corrected chi connectivity index (χ4v) is 4.70. The van der Waals surface area contributed by atoms with Gasteiger partial charge in [-0.3, -0.25) is 4.57 Å². The molecule has 1 aliphatic carbocycles. The fraction of sp³-hybridized carbons (Fsp3) is 0.500. The minimum Gasteiger partial charge on any atom is -0.338 e. The SMILES string of the molecule is CC(C)c1noc(C(C)Sc2nnc(-c3ccccc3Cl)n2C2CCCC2)n1. The zero-order valence-corrected chi connectivity index (χ0v) is 17.9. The molecule has 1 saturated carbocycles. The maximum atomic E-state index is 6.46. The van der Waals surface area contributed by atoms with Gasteiger partial charge in [0.25, 0.3) is 0 Å². The third-order valence-electron chi connectivity index (χ3n) is 5.07. The zero-order chi connectivity index (χ0) is 19.7. The van der Waals surface area contributed by atoms with E-state index in [4.69, 9.17) is 16.1 Å². The van der Waals surface area contributed by atoms with Crippen LogP contribution < -0.4 is 0 Å². The van der Waals surface area contributed by atoms with Crippen molar-refractivity contribution in [2.45, 2.75) is 68.8 Å². The monoisotopic (exact) mass is 417 g/mol. The predicted octanol–water partition coefficient (Wildman–Crippen LogP) is 6.07. The Labute approximate surface area is 174 Å². The van der Waals surface area contributed by atoms with Crippen LogP contribution in [0.4, 0.5) is 0 Å². The predicted molar refractivity (Wildman–Crippen MR) is 111 cm³/mol. The summed E-state index contributed by atoms with van der Waals surface area (Å²) in [6, 6.07) is 8.21. The molecule has 0 radical (unpaired) electrons. The van der Waals surface area contributed by atoms with Gasteiger partial charge in [-0.25, -0.2) is 0 Å². The van der Waals surface area contributed by atoms with Crippen LogP contribution in [-0.2, 0) is 0 Å². The van der Waals surface area contributed by atoms with E-state index in [-0.39, 0.29) is 11.2 Å². The molecular weight excluding hydrogens is 394 g/mol. The summed E-state index contributed by atoms with van der Waals surface area (Å²) in [5.41, 5.74) is 0.919. The highest BCUT2D eigenvalue weighted by atomic mass is 35.5. The van der Waals surface area contributed by atoms with E-state index < -0.39 is 0 Å². The number of aromatic nitrogens is 5. The molecular formula is C20H24ClN5OS. The molecule has 2 heterocycles. The Balaban J connectivity index is 1.67. The number of hydrogen-bond acceptors (Lipinski definition) is 6. The molecule has 1 atom stereocenters. The van der Waals surface area contributed by atoms with Crippen molar-refractivity contribution in [1.29, 1.82) is 0 Å². The van der Waals surface area contributed by atoms with E-state index in [2.05, 4.69) is 45.7 Å². The molecule has 1 aromatic carbocycles. The maximum Gasteiger partial charge on any atom is 0.239 e. The topological polar surface area (TPSA) is 69.6 Å². The molecule has 6 nitrogen and oxygen atoms in total. The van der Waals surface area contributed by atoms with Gasteiger partial charge in [0.1, 0.15) is 0 Å². The van der Waals surface area contributed by atoms with Gasteiger partial charge in [-0.15, -0.1) is 10.2 Å². The van der Waals surface area contributed by atoms with Gasteiger partial charge in [0, 0.05) is 17.5 Å². The first kappa shape index (κ1) is 19.5. The van der Waals surface area contributed by atoms with Gasteiger partial charge in [-0.1, -0.05) is 67.3 Å². The smallest absolute Gasteiger partial charge is 0.239 e. The van der Waals surface area contributed by atoms with Crippen LogP contribution in [0.25, 0.3) is 11.4 Å². The van der Waals surface area contributed by atoms with E-state index in [0.29, 0.717) is 17.0 Å². The number of thioether (sulfide) groups is 1. The lowest BCUT2D eigenvalue weighted by Crippen LogP contribution is -2.09. The lowest BCUT2D eigenvalue weighted by Gasteiger charge is -2.18. The summed E-state index contributed by atoms with van der Waals surface area (Å²) in [4.78, 5) is 4.53. The standard InChI is InChI=1S/C20H24ClN5OS/c1-12(2)17-22-19(27-25-17)13(3)28-20-24-23-18(15-10-6-7-11-16(15)21)26(20)14-8-4-5-9-14/h6-7,10-14H,4-5,8-9H2,1-3H3. The van der Waals surface area contributed by atoms with E-state index in [0.717, 1.165) is 35.2 Å². The Morgan fingerprint density at radius 3 is 2.57 bits per heavy atom. The van der Waals surface area contributed by atoms with E-state index in [1.54, 1.807) is 11.8 Å². The van der Waals surface area contributed by atoms with Crippen LogP contribution in [0, 0.1) is 0 Å². The number of hydrogen-bond donors (Lipinski definition) is 0. The highest BCUT2D eigenvalue weighted by Gasteiger charge is 2.28. The third kappa shape index (κ3) is 3.82. The summed E-state index contributed by atoms with van der Waals surface area (Å²) in [5, 5.41) is 14.7. The Hall–Kier alpha value is -1.86. The lowest BCUT2D eigenvalue weighted by molar-refractivity contribution is 0.372. The summed E-state index contributed by atoms with van der Waals surface area (Å²) >= 11 is 8.07. The van der Waals surface area contributed by atoms with E-state index in [9.17, 15) is 0 Å². The number of nitrogens with zero attached hydrogens (tertiary/aromatic N) is 5. The largest absolute Gasteiger partial charge is 0.338 e. The second-order valence-electron chi connectivity index (χ2n) is 7.50. The van der Waals surface area contributed by atoms with Crippen molar-refractivity contribution >= 4 is 23.4 Å². The van der Waals surface area contributed by atoms with Crippen molar-refractivity contribution in [2.75, 3.05) is 0 Å². The fourth-order valence-electron chi connectivity index (χ4n) is 3.53. The second kappa shape index (κ2) is 8.25. The molecule has 1 fully saturated rings. The number of halogens is 1. The molecule has 0 bridgehead atoms. The van der Waals surface area contributed by atoms with Crippen molar-refractivity contribution in [3.8, 4) is 11.4 Å². The first-order valence-electron chi connectivity index (χ1n) is 9.74. The first-order valence-corrected chi connectivity index (χ1v) is 11.0. The molecule has 0 spiro atoms. The molecule has 0 N–H and O–H groups in total. The van der Waals surface area contributed by atoms with Crippen LogP contribution in [0.1, 0.15) is 75.4 Å². The van der Waals surface area contributed by atoms with Gasteiger partial charge in [-0.05, 0) is 31.9 Å². The highest BCUT2D eigenvalue weighted by Crippen LogP contribution is 2.41. The Kier molecular flexibility index (Phi) is 5.73. The van der Waals surface area contributed by atoms with Crippen molar-refractivity contribution in [3.05, 3.63) is 41.0 Å². The Bertz CT molecular complexity index is 948.